The quantitative estimate of drug-likeness (QED) is 0.493. The standard InChI is InChI=1S/C14H14BN2O3S/c18-15(19)13-8-12(7-6-10(13)9-20-15)17-14(21)16-11-4-2-1-3-5-11/h1-8,18-19H,9H2,(H2,16,17,21)/q-1. The Kier molecular flexibility index (Phi) is 3.65. The van der Waals surface area contributed by atoms with Gasteiger partial charge in [0.1, 0.15) is 0 Å². The van der Waals surface area contributed by atoms with Crippen LogP contribution in [0.1, 0.15) is 5.56 Å². The highest BCUT2D eigenvalue weighted by Gasteiger charge is 2.31. The Labute approximate surface area is 127 Å². The van der Waals surface area contributed by atoms with Gasteiger partial charge in [-0.25, -0.2) is 0 Å². The van der Waals surface area contributed by atoms with Crippen molar-refractivity contribution < 1.29 is 14.7 Å². The summed E-state index contributed by atoms with van der Waals surface area (Å²) in [4.78, 5) is 0. The third-order valence-electron chi connectivity index (χ3n) is 3.31. The van der Waals surface area contributed by atoms with Crippen LogP contribution in [0.5, 0.6) is 0 Å². The molecule has 0 bridgehead atoms. The molecule has 2 aromatic rings. The fourth-order valence-corrected chi connectivity index (χ4v) is 2.50. The zero-order chi connectivity index (χ0) is 14.9. The maximum atomic E-state index is 9.76. The van der Waals surface area contributed by atoms with Gasteiger partial charge in [-0.1, -0.05) is 35.9 Å². The summed E-state index contributed by atoms with van der Waals surface area (Å²) in [5.41, 5.74) is 2.71. The van der Waals surface area contributed by atoms with Crippen molar-refractivity contribution in [3.63, 3.8) is 0 Å². The van der Waals surface area contributed by atoms with Crippen LogP contribution in [-0.2, 0) is 11.3 Å². The van der Waals surface area contributed by atoms with Gasteiger partial charge in [0.2, 0.25) is 0 Å². The molecule has 0 aliphatic carbocycles. The second-order valence-electron chi connectivity index (χ2n) is 4.87. The lowest BCUT2D eigenvalue weighted by Crippen LogP contribution is -2.47. The summed E-state index contributed by atoms with van der Waals surface area (Å²) in [6.45, 7) is -2.70. The minimum atomic E-state index is -2.90. The molecule has 108 valence electrons. The molecule has 1 aliphatic heterocycles. The Morgan fingerprint density at radius 2 is 1.76 bits per heavy atom. The Balaban J connectivity index is 1.73. The maximum Gasteiger partial charge on any atom is 0.405 e. The summed E-state index contributed by atoms with van der Waals surface area (Å²) < 4.78 is 4.96. The van der Waals surface area contributed by atoms with Gasteiger partial charge in [0.15, 0.2) is 5.11 Å². The molecule has 2 aromatic carbocycles. The number of anilines is 2. The highest BCUT2D eigenvalue weighted by atomic mass is 32.1. The fraction of sp³-hybridized carbons (Fsp3) is 0.0714. The molecule has 1 heterocycles. The van der Waals surface area contributed by atoms with E-state index in [9.17, 15) is 10.0 Å². The first-order valence-electron chi connectivity index (χ1n) is 6.54. The molecule has 0 fully saturated rings. The summed E-state index contributed by atoms with van der Waals surface area (Å²) in [5.74, 6) is 0. The topological polar surface area (TPSA) is 73.8 Å². The Morgan fingerprint density at radius 3 is 2.52 bits per heavy atom. The van der Waals surface area contributed by atoms with E-state index in [4.69, 9.17) is 16.9 Å². The maximum absolute atomic E-state index is 9.76. The summed E-state index contributed by atoms with van der Waals surface area (Å²) in [6, 6.07) is 14.8. The third-order valence-corrected chi connectivity index (χ3v) is 3.52. The minimum Gasteiger partial charge on any atom is -0.556 e. The van der Waals surface area contributed by atoms with Crippen molar-refractivity contribution in [3.8, 4) is 0 Å². The number of rotatable bonds is 2. The van der Waals surface area contributed by atoms with Crippen LogP contribution in [0.15, 0.2) is 48.5 Å². The summed E-state index contributed by atoms with van der Waals surface area (Å²) in [6.07, 6.45) is 0. The lowest BCUT2D eigenvalue weighted by molar-refractivity contribution is 0.169. The Bertz CT molecular complexity index is 679. The van der Waals surface area contributed by atoms with Gasteiger partial charge in [-0.2, -0.15) is 0 Å². The molecule has 0 amide bonds. The van der Waals surface area contributed by atoms with Crippen molar-refractivity contribution in [2.75, 3.05) is 10.6 Å². The molecule has 1 aliphatic rings. The average Bonchev–Trinajstić information content (AvgIpc) is 2.75. The van der Waals surface area contributed by atoms with Crippen LogP contribution in [0.4, 0.5) is 11.4 Å². The van der Waals surface area contributed by atoms with Crippen LogP contribution < -0.4 is 16.1 Å². The van der Waals surface area contributed by atoms with E-state index in [1.54, 1.807) is 12.1 Å². The fourth-order valence-electron chi connectivity index (χ4n) is 2.26. The van der Waals surface area contributed by atoms with Crippen LogP contribution in [0.2, 0.25) is 0 Å². The number of para-hydroxylation sites is 1. The van der Waals surface area contributed by atoms with E-state index < -0.39 is 6.75 Å². The smallest absolute Gasteiger partial charge is 0.405 e. The first-order chi connectivity index (χ1) is 10.0. The van der Waals surface area contributed by atoms with Gasteiger partial charge in [0, 0.05) is 18.0 Å². The minimum absolute atomic E-state index is 0.204. The molecule has 0 atom stereocenters. The van der Waals surface area contributed by atoms with Gasteiger partial charge in [0.05, 0.1) is 0 Å². The highest BCUT2D eigenvalue weighted by Crippen LogP contribution is 2.19. The lowest BCUT2D eigenvalue weighted by Gasteiger charge is -2.23. The Hall–Kier alpha value is -1.93. The molecule has 5 nitrogen and oxygen atoms in total. The molecular weight excluding hydrogens is 287 g/mol. The van der Waals surface area contributed by atoms with Gasteiger partial charge in [0.25, 0.3) is 0 Å². The number of nitrogens with one attached hydrogen (secondary N) is 2. The molecule has 3 rings (SSSR count). The number of thiocarbonyl (C=S) groups is 1. The van der Waals surface area contributed by atoms with Crippen molar-refractivity contribution in [2.45, 2.75) is 6.61 Å². The first-order valence-corrected chi connectivity index (χ1v) is 6.94. The number of benzene rings is 2. The molecule has 0 unspecified atom stereocenters. The summed E-state index contributed by atoms with van der Waals surface area (Å²) >= 11 is 5.23. The van der Waals surface area contributed by atoms with Gasteiger partial charge in [-0.3, -0.25) is 0 Å². The van der Waals surface area contributed by atoms with E-state index in [1.165, 1.54) is 0 Å². The molecule has 0 saturated heterocycles. The van der Waals surface area contributed by atoms with E-state index >= 15 is 0 Å². The zero-order valence-electron chi connectivity index (χ0n) is 11.1. The second-order valence-corrected chi connectivity index (χ2v) is 5.28. The van der Waals surface area contributed by atoms with E-state index in [2.05, 4.69) is 10.6 Å². The van der Waals surface area contributed by atoms with Crippen LogP contribution >= 0.6 is 12.2 Å². The second kappa shape index (κ2) is 5.46. The van der Waals surface area contributed by atoms with Gasteiger partial charge in [-0.15, -0.1) is 5.46 Å². The SMILES string of the molecule is O[B-]1(O)OCc2ccc(NC(=S)Nc3ccccc3)cc21. The molecule has 4 N–H and O–H groups in total. The Morgan fingerprint density at radius 1 is 1.05 bits per heavy atom. The van der Waals surface area contributed by atoms with E-state index in [0.29, 0.717) is 16.3 Å². The predicted molar refractivity (Wildman–Crippen MR) is 87.3 cm³/mol. The molecule has 0 radical (unpaired) electrons. The van der Waals surface area contributed by atoms with Gasteiger partial charge in [-0.05, 0) is 30.4 Å². The molecule has 21 heavy (non-hydrogen) atoms. The van der Waals surface area contributed by atoms with Crippen LogP contribution in [0, 0.1) is 0 Å². The number of fused-ring (bicyclic) bond motifs is 1. The van der Waals surface area contributed by atoms with Crippen molar-refractivity contribution in [1.82, 2.24) is 0 Å². The van der Waals surface area contributed by atoms with Crippen LogP contribution in [0.25, 0.3) is 0 Å². The highest BCUT2D eigenvalue weighted by molar-refractivity contribution is 7.80. The van der Waals surface area contributed by atoms with Crippen LogP contribution in [0.3, 0.4) is 0 Å². The lowest BCUT2D eigenvalue weighted by atomic mass is 9.70. The van der Waals surface area contributed by atoms with Gasteiger partial charge >= 0.3 is 6.75 Å². The van der Waals surface area contributed by atoms with Gasteiger partial charge < -0.3 is 25.3 Å². The van der Waals surface area contributed by atoms with E-state index in [1.807, 2.05) is 36.4 Å². The molecular formula is C14H14BN2O3S-. The van der Waals surface area contributed by atoms with E-state index in [-0.39, 0.29) is 6.61 Å². The third kappa shape index (κ3) is 3.06. The van der Waals surface area contributed by atoms with Crippen molar-refractivity contribution >= 4 is 40.9 Å². The van der Waals surface area contributed by atoms with Crippen molar-refractivity contribution in [2.24, 2.45) is 0 Å². The molecule has 0 spiro atoms. The molecule has 7 heteroatoms. The normalized spacial score (nSPS) is 15.3. The molecule has 0 saturated carbocycles. The summed E-state index contributed by atoms with van der Waals surface area (Å²) in [7, 11) is 0. The van der Waals surface area contributed by atoms with E-state index in [0.717, 1.165) is 11.3 Å². The predicted octanol–water partition coefficient (Wildman–Crippen LogP) is 1.16. The van der Waals surface area contributed by atoms with Crippen molar-refractivity contribution in [1.29, 1.82) is 0 Å². The first kappa shape index (κ1) is 14.0. The monoisotopic (exact) mass is 301 g/mol. The zero-order valence-corrected chi connectivity index (χ0v) is 11.9. The van der Waals surface area contributed by atoms with Crippen LogP contribution in [-0.4, -0.2) is 21.9 Å². The number of hydrogen-bond donors (Lipinski definition) is 4. The molecule has 0 aromatic heterocycles. The number of hydrogen-bond acceptors (Lipinski definition) is 4. The van der Waals surface area contributed by atoms with Crippen molar-refractivity contribution in [3.05, 3.63) is 54.1 Å². The largest absolute Gasteiger partial charge is 0.556 e. The average molecular weight is 301 g/mol. The summed E-state index contributed by atoms with van der Waals surface area (Å²) in [5, 5.41) is 26.0.